The number of aryl methyl sites for hydroxylation is 1. The Morgan fingerprint density at radius 3 is 3.15 bits per heavy atom. The Morgan fingerprint density at radius 2 is 2.31 bits per heavy atom. The first-order valence-electron chi connectivity index (χ1n) is 9.74. The van der Waals surface area contributed by atoms with Crippen LogP contribution < -0.4 is 10.2 Å². The molecule has 1 aliphatic rings. The maximum absolute atomic E-state index is 12.5. The normalized spacial score (nSPS) is 17.6. The number of H-pyrrole nitrogens is 1. The van der Waals surface area contributed by atoms with Gasteiger partial charge >= 0.3 is 0 Å². The second-order valence-corrected chi connectivity index (χ2v) is 8.35. The molecule has 1 atom stereocenters. The molecule has 2 heterocycles. The molecule has 1 saturated heterocycles. The molecule has 1 amide bonds. The molecule has 3 rings (SSSR count). The van der Waals surface area contributed by atoms with Crippen molar-refractivity contribution in [2.45, 2.75) is 39.5 Å². The van der Waals surface area contributed by atoms with Gasteiger partial charge in [0, 0.05) is 19.6 Å². The third-order valence-electron chi connectivity index (χ3n) is 4.83. The number of hydrogen-bond donors (Lipinski definition) is 2. The smallest absolute Gasteiger partial charge is 0.224 e. The van der Waals surface area contributed by atoms with Gasteiger partial charge in [0.15, 0.2) is 0 Å². The van der Waals surface area contributed by atoms with E-state index in [4.69, 9.17) is 4.98 Å². The lowest BCUT2D eigenvalue weighted by Crippen LogP contribution is -2.43. The summed E-state index contributed by atoms with van der Waals surface area (Å²) in [6.45, 7) is 6.77. The number of hydrogen-bond acceptors (Lipinski definition) is 4. The van der Waals surface area contributed by atoms with E-state index in [0.29, 0.717) is 0 Å². The fourth-order valence-electron chi connectivity index (χ4n) is 3.42. The number of aromatic nitrogens is 2. The third-order valence-corrected chi connectivity index (χ3v) is 6.10. The Bertz CT molecular complexity index is 730. The average molecular weight is 375 g/mol. The van der Waals surface area contributed by atoms with Crippen LogP contribution in [0.15, 0.2) is 18.2 Å². The van der Waals surface area contributed by atoms with Gasteiger partial charge in [-0.25, -0.2) is 4.98 Å². The van der Waals surface area contributed by atoms with Crippen LogP contribution in [0.4, 0.5) is 5.95 Å². The van der Waals surface area contributed by atoms with Crippen LogP contribution in [-0.2, 0) is 4.79 Å². The number of anilines is 1. The first kappa shape index (κ1) is 19.1. The first-order chi connectivity index (χ1) is 12.7. The highest BCUT2D eigenvalue weighted by molar-refractivity contribution is 7.99. The second kappa shape index (κ2) is 9.31. The number of aromatic amines is 1. The van der Waals surface area contributed by atoms with Crippen molar-refractivity contribution in [1.82, 2.24) is 15.3 Å². The molecule has 2 aromatic rings. The van der Waals surface area contributed by atoms with E-state index in [1.807, 2.05) is 11.8 Å². The van der Waals surface area contributed by atoms with E-state index in [1.165, 1.54) is 17.7 Å². The van der Waals surface area contributed by atoms with Gasteiger partial charge < -0.3 is 15.2 Å². The molecule has 6 heteroatoms. The molecule has 142 valence electrons. The topological polar surface area (TPSA) is 61.0 Å². The predicted octanol–water partition coefficient (Wildman–Crippen LogP) is 3.74. The Labute approximate surface area is 160 Å². The molecule has 0 radical (unpaired) electrons. The van der Waals surface area contributed by atoms with E-state index in [1.54, 1.807) is 0 Å². The van der Waals surface area contributed by atoms with Crippen LogP contribution in [0.2, 0.25) is 0 Å². The third kappa shape index (κ3) is 4.93. The highest BCUT2D eigenvalue weighted by Crippen LogP contribution is 2.24. The fourth-order valence-corrected chi connectivity index (χ4v) is 4.26. The summed E-state index contributed by atoms with van der Waals surface area (Å²) in [6, 6.07) is 6.25. The predicted molar refractivity (Wildman–Crippen MR) is 111 cm³/mol. The van der Waals surface area contributed by atoms with Gasteiger partial charge in [0.05, 0.1) is 17.0 Å². The lowest BCUT2D eigenvalue weighted by atomic mass is 9.97. The number of carbonyl (C=O) groups is 1. The fraction of sp³-hybridized carbons (Fsp3) is 0.600. The molecule has 1 aromatic carbocycles. The Hall–Kier alpha value is -1.69. The Balaban J connectivity index is 1.52. The zero-order valence-corrected chi connectivity index (χ0v) is 16.7. The van der Waals surface area contributed by atoms with Gasteiger partial charge in [0.1, 0.15) is 0 Å². The lowest BCUT2D eigenvalue weighted by molar-refractivity contribution is -0.125. The van der Waals surface area contributed by atoms with Gasteiger partial charge in [0.25, 0.3) is 0 Å². The average Bonchev–Trinajstić information content (AvgIpc) is 3.07. The summed E-state index contributed by atoms with van der Waals surface area (Å²) >= 11 is 1.97. The molecule has 0 unspecified atom stereocenters. The SMILES string of the molecule is CCCSCCCNC(=O)[C@H]1CCCN(c2nc3ccc(C)cc3[nH]2)C1. The maximum Gasteiger partial charge on any atom is 0.224 e. The van der Waals surface area contributed by atoms with Crippen molar-refractivity contribution in [1.29, 1.82) is 0 Å². The monoisotopic (exact) mass is 374 g/mol. The summed E-state index contributed by atoms with van der Waals surface area (Å²) in [5, 5.41) is 3.13. The number of amides is 1. The Kier molecular flexibility index (Phi) is 6.83. The molecular weight excluding hydrogens is 344 g/mol. The van der Waals surface area contributed by atoms with E-state index in [2.05, 4.69) is 47.2 Å². The quantitative estimate of drug-likeness (QED) is 0.691. The van der Waals surface area contributed by atoms with Gasteiger partial charge in [-0.1, -0.05) is 13.0 Å². The number of carbonyl (C=O) groups excluding carboxylic acids is 1. The van der Waals surface area contributed by atoms with E-state index in [-0.39, 0.29) is 11.8 Å². The molecule has 2 N–H and O–H groups in total. The first-order valence-corrected chi connectivity index (χ1v) is 10.9. The number of thioether (sulfide) groups is 1. The molecule has 1 fully saturated rings. The molecule has 0 bridgehead atoms. The standard InChI is InChI=1S/C20H30N4OS/c1-3-11-26-12-5-9-21-19(25)16-6-4-10-24(14-16)20-22-17-8-7-15(2)13-18(17)23-20/h7-8,13,16H,3-6,9-12,14H2,1-2H3,(H,21,25)(H,22,23)/t16-/m0/s1. The minimum atomic E-state index is 0.0574. The largest absolute Gasteiger partial charge is 0.356 e. The number of benzene rings is 1. The summed E-state index contributed by atoms with van der Waals surface area (Å²) in [4.78, 5) is 22.9. The summed E-state index contributed by atoms with van der Waals surface area (Å²) < 4.78 is 0. The van der Waals surface area contributed by atoms with Gasteiger partial charge in [-0.05, 0) is 61.8 Å². The summed E-state index contributed by atoms with van der Waals surface area (Å²) in [5.74, 6) is 3.48. The molecule has 0 aliphatic carbocycles. The van der Waals surface area contributed by atoms with Crippen molar-refractivity contribution in [3.05, 3.63) is 23.8 Å². The van der Waals surface area contributed by atoms with Crippen LogP contribution in [-0.4, -0.2) is 47.0 Å². The van der Waals surface area contributed by atoms with E-state index in [9.17, 15) is 4.79 Å². The van der Waals surface area contributed by atoms with Crippen LogP contribution in [0.25, 0.3) is 11.0 Å². The zero-order valence-electron chi connectivity index (χ0n) is 15.9. The highest BCUT2D eigenvalue weighted by atomic mass is 32.2. The summed E-state index contributed by atoms with van der Waals surface area (Å²) in [5.41, 5.74) is 3.28. The van der Waals surface area contributed by atoms with Crippen molar-refractivity contribution < 1.29 is 4.79 Å². The van der Waals surface area contributed by atoms with Crippen LogP contribution in [0.3, 0.4) is 0 Å². The summed E-state index contributed by atoms with van der Waals surface area (Å²) in [7, 11) is 0. The second-order valence-electron chi connectivity index (χ2n) is 7.12. The maximum atomic E-state index is 12.5. The number of fused-ring (bicyclic) bond motifs is 1. The van der Waals surface area contributed by atoms with Gasteiger partial charge in [-0.2, -0.15) is 11.8 Å². The molecule has 0 spiro atoms. The van der Waals surface area contributed by atoms with Crippen LogP contribution in [0.1, 0.15) is 38.2 Å². The van der Waals surface area contributed by atoms with Crippen molar-refractivity contribution in [3.8, 4) is 0 Å². The van der Waals surface area contributed by atoms with Crippen molar-refractivity contribution in [2.24, 2.45) is 5.92 Å². The van der Waals surface area contributed by atoms with Gasteiger partial charge in [-0.15, -0.1) is 0 Å². The number of rotatable bonds is 8. The number of piperidine rings is 1. The van der Waals surface area contributed by atoms with Crippen molar-refractivity contribution >= 4 is 34.7 Å². The molecule has 0 saturated carbocycles. The molecule has 1 aromatic heterocycles. The molecular formula is C20H30N4OS. The number of imidazole rings is 1. The minimum Gasteiger partial charge on any atom is -0.356 e. The van der Waals surface area contributed by atoms with E-state index < -0.39 is 0 Å². The minimum absolute atomic E-state index is 0.0574. The Morgan fingerprint density at radius 1 is 1.42 bits per heavy atom. The van der Waals surface area contributed by atoms with E-state index in [0.717, 1.165) is 61.6 Å². The molecule has 5 nitrogen and oxygen atoms in total. The molecule has 26 heavy (non-hydrogen) atoms. The van der Waals surface area contributed by atoms with E-state index >= 15 is 0 Å². The van der Waals surface area contributed by atoms with Crippen LogP contribution >= 0.6 is 11.8 Å². The lowest BCUT2D eigenvalue weighted by Gasteiger charge is -2.31. The van der Waals surface area contributed by atoms with Crippen molar-refractivity contribution in [3.63, 3.8) is 0 Å². The summed E-state index contributed by atoms with van der Waals surface area (Å²) in [6.07, 6.45) is 4.26. The van der Waals surface area contributed by atoms with Crippen LogP contribution in [0.5, 0.6) is 0 Å². The van der Waals surface area contributed by atoms with Crippen molar-refractivity contribution in [2.75, 3.05) is 36.0 Å². The van der Waals surface area contributed by atoms with Gasteiger partial charge in [-0.3, -0.25) is 4.79 Å². The zero-order chi connectivity index (χ0) is 18.4. The number of nitrogens with zero attached hydrogens (tertiary/aromatic N) is 2. The van der Waals surface area contributed by atoms with Crippen LogP contribution in [0, 0.1) is 12.8 Å². The molecule has 1 aliphatic heterocycles. The van der Waals surface area contributed by atoms with Gasteiger partial charge in [0.2, 0.25) is 11.9 Å². The number of nitrogens with one attached hydrogen (secondary N) is 2. The highest BCUT2D eigenvalue weighted by Gasteiger charge is 2.27.